The fourth-order valence-corrected chi connectivity index (χ4v) is 4.40. The highest BCUT2D eigenvalue weighted by Crippen LogP contribution is 2.24. The van der Waals surface area contributed by atoms with Crippen LogP contribution < -0.4 is 15.4 Å². The smallest absolute Gasteiger partial charge is 0.261 e. The Morgan fingerprint density at radius 1 is 0.758 bits per heavy atom. The van der Waals surface area contributed by atoms with E-state index in [2.05, 4.69) is 25.3 Å². The van der Waals surface area contributed by atoms with Crippen LogP contribution in [0.3, 0.4) is 0 Å². The number of benzene rings is 3. The summed E-state index contributed by atoms with van der Waals surface area (Å²) in [5, 5.41) is 6.39. The van der Waals surface area contributed by atoms with Crippen LogP contribution in [0.5, 0.6) is 0 Å². The average Bonchev–Trinajstić information content (AvgIpc) is 2.81. The number of nitrogens with zero attached hydrogens (tertiary/aromatic N) is 2. The second-order valence-corrected chi connectivity index (χ2v) is 9.10. The monoisotopic (exact) mass is 459 g/mol. The number of rotatable bonds is 8. The Labute approximate surface area is 194 Å². The molecule has 0 aliphatic carbocycles. The van der Waals surface area contributed by atoms with Crippen LogP contribution in [0.2, 0.25) is 0 Å². The predicted octanol–water partition coefficient (Wildman–Crippen LogP) is 5.43. The lowest BCUT2D eigenvalue weighted by molar-refractivity contribution is 0.601. The molecule has 1 aromatic heterocycles. The first-order chi connectivity index (χ1) is 15.9. The van der Waals surface area contributed by atoms with Crippen molar-refractivity contribution in [1.82, 2.24) is 9.97 Å². The first-order valence-electron chi connectivity index (χ1n) is 10.6. The SMILES string of the molecule is CCNc1cc(Nc2ccc(NS(=O)(=O)c3ccc(-c4ccccc4)cc3)cc2)nc(C)n1. The van der Waals surface area contributed by atoms with E-state index in [0.717, 1.165) is 29.2 Å². The van der Waals surface area contributed by atoms with Gasteiger partial charge in [-0.1, -0.05) is 42.5 Å². The normalized spacial score (nSPS) is 11.1. The van der Waals surface area contributed by atoms with Crippen molar-refractivity contribution < 1.29 is 8.42 Å². The Morgan fingerprint density at radius 3 is 2.03 bits per heavy atom. The van der Waals surface area contributed by atoms with Crippen LogP contribution in [-0.4, -0.2) is 24.9 Å². The largest absolute Gasteiger partial charge is 0.370 e. The molecule has 4 rings (SSSR count). The first-order valence-corrected chi connectivity index (χ1v) is 12.1. The Hall–Kier alpha value is -3.91. The summed E-state index contributed by atoms with van der Waals surface area (Å²) in [6.07, 6.45) is 0. The molecule has 0 unspecified atom stereocenters. The van der Waals surface area contributed by atoms with Gasteiger partial charge in [-0.15, -0.1) is 0 Å². The molecule has 3 aromatic carbocycles. The summed E-state index contributed by atoms with van der Waals surface area (Å²) in [7, 11) is -3.70. The minimum Gasteiger partial charge on any atom is -0.370 e. The van der Waals surface area contributed by atoms with Crippen LogP contribution >= 0.6 is 0 Å². The van der Waals surface area contributed by atoms with Crippen molar-refractivity contribution in [1.29, 1.82) is 0 Å². The first kappa shape index (κ1) is 22.3. The van der Waals surface area contributed by atoms with E-state index in [1.54, 1.807) is 36.4 Å². The summed E-state index contributed by atoms with van der Waals surface area (Å²) >= 11 is 0. The summed E-state index contributed by atoms with van der Waals surface area (Å²) < 4.78 is 28.3. The zero-order valence-electron chi connectivity index (χ0n) is 18.4. The zero-order valence-corrected chi connectivity index (χ0v) is 19.2. The van der Waals surface area contributed by atoms with Gasteiger partial charge in [0, 0.05) is 24.0 Å². The van der Waals surface area contributed by atoms with E-state index in [-0.39, 0.29) is 4.90 Å². The Morgan fingerprint density at radius 2 is 1.36 bits per heavy atom. The van der Waals surface area contributed by atoms with Gasteiger partial charge in [-0.05, 0) is 61.4 Å². The number of aryl methyl sites for hydroxylation is 1. The molecule has 0 fully saturated rings. The minimum atomic E-state index is -3.70. The number of anilines is 4. The third-order valence-electron chi connectivity index (χ3n) is 4.88. The molecule has 0 radical (unpaired) electrons. The van der Waals surface area contributed by atoms with Gasteiger partial charge >= 0.3 is 0 Å². The maximum atomic E-state index is 12.8. The summed E-state index contributed by atoms with van der Waals surface area (Å²) in [6, 6.07) is 25.5. The van der Waals surface area contributed by atoms with Gasteiger partial charge < -0.3 is 10.6 Å². The van der Waals surface area contributed by atoms with Crippen molar-refractivity contribution in [2.24, 2.45) is 0 Å². The van der Waals surface area contributed by atoms with E-state index in [1.807, 2.05) is 62.4 Å². The third kappa shape index (κ3) is 5.67. The van der Waals surface area contributed by atoms with Crippen molar-refractivity contribution in [3.05, 3.63) is 90.8 Å². The molecular weight excluding hydrogens is 434 g/mol. The van der Waals surface area contributed by atoms with Gasteiger partial charge in [-0.25, -0.2) is 18.4 Å². The maximum Gasteiger partial charge on any atom is 0.261 e. The van der Waals surface area contributed by atoms with Crippen molar-refractivity contribution in [2.75, 3.05) is 21.9 Å². The lowest BCUT2D eigenvalue weighted by Gasteiger charge is -2.11. The summed E-state index contributed by atoms with van der Waals surface area (Å²) in [5.74, 6) is 2.05. The molecule has 0 saturated heterocycles. The lowest BCUT2D eigenvalue weighted by Crippen LogP contribution is -2.12. The van der Waals surface area contributed by atoms with Gasteiger partial charge in [0.25, 0.3) is 10.0 Å². The highest BCUT2D eigenvalue weighted by atomic mass is 32.2. The zero-order chi connectivity index (χ0) is 23.3. The van der Waals surface area contributed by atoms with Crippen molar-refractivity contribution in [3.8, 4) is 11.1 Å². The molecule has 0 amide bonds. The number of nitrogens with one attached hydrogen (secondary N) is 3. The van der Waals surface area contributed by atoms with Gasteiger partial charge in [0.15, 0.2) is 0 Å². The maximum absolute atomic E-state index is 12.8. The van der Waals surface area contributed by atoms with E-state index in [9.17, 15) is 8.42 Å². The predicted molar refractivity (Wildman–Crippen MR) is 133 cm³/mol. The number of hydrogen-bond donors (Lipinski definition) is 3. The molecule has 33 heavy (non-hydrogen) atoms. The fourth-order valence-electron chi connectivity index (χ4n) is 3.34. The van der Waals surface area contributed by atoms with Crippen LogP contribution in [0.1, 0.15) is 12.7 Å². The molecule has 0 bridgehead atoms. The van der Waals surface area contributed by atoms with Gasteiger partial charge in [-0.3, -0.25) is 4.72 Å². The van der Waals surface area contributed by atoms with Gasteiger partial charge in [0.05, 0.1) is 4.90 Å². The van der Waals surface area contributed by atoms with E-state index in [1.165, 1.54) is 0 Å². The molecule has 3 N–H and O–H groups in total. The molecule has 0 atom stereocenters. The van der Waals surface area contributed by atoms with Crippen molar-refractivity contribution >= 4 is 33.0 Å². The average molecular weight is 460 g/mol. The summed E-state index contributed by atoms with van der Waals surface area (Å²) in [6.45, 7) is 4.60. The molecule has 168 valence electrons. The van der Waals surface area contributed by atoms with Crippen LogP contribution in [-0.2, 0) is 10.0 Å². The Balaban J connectivity index is 1.45. The molecule has 0 aliphatic heterocycles. The molecule has 0 saturated carbocycles. The molecule has 0 aliphatic rings. The molecular formula is C25H25N5O2S. The van der Waals surface area contributed by atoms with Crippen LogP contribution in [0.4, 0.5) is 23.0 Å². The fraction of sp³-hybridized carbons (Fsp3) is 0.120. The molecule has 4 aromatic rings. The summed E-state index contributed by atoms with van der Waals surface area (Å²) in [5.41, 5.74) is 3.25. The second kappa shape index (κ2) is 9.70. The Kier molecular flexibility index (Phi) is 6.55. The number of sulfonamides is 1. The van der Waals surface area contributed by atoms with Gasteiger partial charge in [0.1, 0.15) is 17.5 Å². The molecule has 8 heteroatoms. The second-order valence-electron chi connectivity index (χ2n) is 7.41. The topological polar surface area (TPSA) is 96.0 Å². The number of aromatic nitrogens is 2. The standard InChI is InChI=1S/C25H25N5O2S/c1-3-26-24-17-25(28-18(2)27-24)29-21-11-13-22(14-12-21)30-33(31,32)23-15-9-20(10-16-23)19-7-5-4-6-8-19/h4-17,30H,3H2,1-2H3,(H2,26,27,28,29). The molecule has 7 nitrogen and oxygen atoms in total. The highest BCUT2D eigenvalue weighted by Gasteiger charge is 2.14. The van der Waals surface area contributed by atoms with Gasteiger partial charge in [0.2, 0.25) is 0 Å². The van der Waals surface area contributed by atoms with Crippen molar-refractivity contribution in [2.45, 2.75) is 18.7 Å². The van der Waals surface area contributed by atoms with Crippen LogP contribution in [0, 0.1) is 6.92 Å². The van der Waals surface area contributed by atoms with Crippen LogP contribution in [0.25, 0.3) is 11.1 Å². The van der Waals surface area contributed by atoms with E-state index < -0.39 is 10.0 Å². The van der Waals surface area contributed by atoms with E-state index in [0.29, 0.717) is 17.3 Å². The lowest BCUT2D eigenvalue weighted by atomic mass is 10.1. The quantitative estimate of drug-likeness (QED) is 0.325. The van der Waals surface area contributed by atoms with Gasteiger partial charge in [-0.2, -0.15) is 0 Å². The number of hydrogen-bond acceptors (Lipinski definition) is 6. The Bertz CT molecular complexity index is 1320. The third-order valence-corrected chi connectivity index (χ3v) is 6.27. The highest BCUT2D eigenvalue weighted by molar-refractivity contribution is 7.92. The molecule has 1 heterocycles. The van der Waals surface area contributed by atoms with E-state index >= 15 is 0 Å². The van der Waals surface area contributed by atoms with E-state index in [4.69, 9.17) is 0 Å². The minimum absolute atomic E-state index is 0.205. The summed E-state index contributed by atoms with van der Waals surface area (Å²) in [4.78, 5) is 8.93. The van der Waals surface area contributed by atoms with Crippen LogP contribution in [0.15, 0.2) is 89.8 Å². The molecule has 0 spiro atoms. The van der Waals surface area contributed by atoms with Crippen molar-refractivity contribution in [3.63, 3.8) is 0 Å².